The number of carbonyl (C=O) groups excluding carboxylic acids is 1. The number of ether oxygens (including phenoxy) is 6. The van der Waals surface area contributed by atoms with Gasteiger partial charge in [-0.2, -0.15) is 0 Å². The molecule has 0 N–H and O–H groups in total. The molecule has 0 bridgehead atoms. The minimum absolute atomic E-state index is 0.145. The molecular formula is C21H42O7. The summed E-state index contributed by atoms with van der Waals surface area (Å²) in [5.74, 6) is 0.458. The van der Waals surface area contributed by atoms with Gasteiger partial charge in [0.1, 0.15) is 6.61 Å². The van der Waals surface area contributed by atoms with Crippen LogP contribution in [-0.2, 0) is 33.2 Å². The number of unbranched alkanes of at least 4 members (excludes halogenated alkanes) is 2. The van der Waals surface area contributed by atoms with E-state index in [0.29, 0.717) is 78.4 Å². The molecule has 28 heavy (non-hydrogen) atoms. The lowest BCUT2D eigenvalue weighted by atomic mass is 10.1. The monoisotopic (exact) mass is 406 g/mol. The summed E-state index contributed by atoms with van der Waals surface area (Å²) in [5, 5.41) is 0. The summed E-state index contributed by atoms with van der Waals surface area (Å²) < 4.78 is 32.2. The van der Waals surface area contributed by atoms with Crippen molar-refractivity contribution in [3.05, 3.63) is 0 Å². The second kappa shape index (κ2) is 22.6. The van der Waals surface area contributed by atoms with Gasteiger partial charge in [0.2, 0.25) is 0 Å². The van der Waals surface area contributed by atoms with Crippen molar-refractivity contribution in [1.82, 2.24) is 0 Å². The van der Waals surface area contributed by atoms with Gasteiger partial charge in [-0.15, -0.1) is 0 Å². The molecule has 0 heterocycles. The fraction of sp³-hybridized carbons (Fsp3) is 0.952. The van der Waals surface area contributed by atoms with Gasteiger partial charge in [-0.25, -0.2) is 0 Å². The Morgan fingerprint density at radius 2 is 1.14 bits per heavy atom. The van der Waals surface area contributed by atoms with Crippen molar-refractivity contribution in [3.63, 3.8) is 0 Å². The molecule has 0 saturated heterocycles. The molecule has 0 spiro atoms. The Kier molecular flexibility index (Phi) is 22.0. The molecule has 0 amide bonds. The zero-order valence-corrected chi connectivity index (χ0v) is 18.2. The van der Waals surface area contributed by atoms with E-state index in [1.807, 2.05) is 0 Å². The van der Waals surface area contributed by atoms with Crippen LogP contribution in [-0.4, -0.2) is 78.6 Å². The molecule has 0 fully saturated rings. The average Bonchev–Trinajstić information content (AvgIpc) is 2.70. The second-order valence-electron chi connectivity index (χ2n) is 6.72. The lowest BCUT2D eigenvalue weighted by Gasteiger charge is -2.10. The molecule has 0 saturated carbocycles. The van der Waals surface area contributed by atoms with Gasteiger partial charge in [0, 0.05) is 13.0 Å². The maximum atomic E-state index is 11.4. The van der Waals surface area contributed by atoms with Gasteiger partial charge in [-0.1, -0.05) is 40.0 Å². The third-order valence-corrected chi connectivity index (χ3v) is 4.06. The van der Waals surface area contributed by atoms with E-state index >= 15 is 0 Å². The molecule has 0 aromatic carbocycles. The van der Waals surface area contributed by atoms with E-state index in [1.165, 1.54) is 0 Å². The van der Waals surface area contributed by atoms with Crippen molar-refractivity contribution in [2.24, 2.45) is 5.92 Å². The van der Waals surface area contributed by atoms with Crippen molar-refractivity contribution in [2.45, 2.75) is 52.9 Å². The zero-order chi connectivity index (χ0) is 20.7. The molecule has 1 unspecified atom stereocenters. The second-order valence-corrected chi connectivity index (χ2v) is 6.72. The molecule has 0 aliphatic carbocycles. The number of carbonyl (C=O) groups is 1. The number of hydrogen-bond acceptors (Lipinski definition) is 7. The maximum Gasteiger partial charge on any atom is 0.305 e. The summed E-state index contributed by atoms with van der Waals surface area (Å²) in [6.07, 6.45) is 4.69. The summed E-state index contributed by atoms with van der Waals surface area (Å²) in [7, 11) is 0. The van der Waals surface area contributed by atoms with Crippen LogP contribution in [0.3, 0.4) is 0 Å². The summed E-state index contributed by atoms with van der Waals surface area (Å²) in [4.78, 5) is 11.4. The summed E-state index contributed by atoms with van der Waals surface area (Å²) in [6, 6.07) is 0. The minimum atomic E-state index is -0.145. The number of esters is 1. The molecule has 7 nitrogen and oxygen atoms in total. The van der Waals surface area contributed by atoms with E-state index in [2.05, 4.69) is 20.8 Å². The Labute approximate surface area is 171 Å². The van der Waals surface area contributed by atoms with Gasteiger partial charge in [0.25, 0.3) is 0 Å². The predicted molar refractivity (Wildman–Crippen MR) is 109 cm³/mol. The van der Waals surface area contributed by atoms with Gasteiger partial charge >= 0.3 is 5.97 Å². The summed E-state index contributed by atoms with van der Waals surface area (Å²) in [6.45, 7) is 12.3. The van der Waals surface area contributed by atoms with Crippen LogP contribution >= 0.6 is 0 Å². The van der Waals surface area contributed by atoms with E-state index in [0.717, 1.165) is 32.3 Å². The highest BCUT2D eigenvalue weighted by atomic mass is 16.6. The summed E-state index contributed by atoms with van der Waals surface area (Å²) >= 11 is 0. The SMILES string of the molecule is CCCCCC(=O)OCCOCCOCCOCCOCCOCC(C)CC. The van der Waals surface area contributed by atoms with Gasteiger partial charge in [0.05, 0.1) is 59.5 Å². The third kappa shape index (κ3) is 21.6. The van der Waals surface area contributed by atoms with Crippen LogP contribution in [0.4, 0.5) is 0 Å². The van der Waals surface area contributed by atoms with Gasteiger partial charge in [0.15, 0.2) is 0 Å². The molecule has 0 radical (unpaired) electrons. The fourth-order valence-corrected chi connectivity index (χ4v) is 2.09. The first-order valence-corrected chi connectivity index (χ1v) is 10.7. The molecule has 0 aromatic heterocycles. The highest BCUT2D eigenvalue weighted by Gasteiger charge is 2.01. The van der Waals surface area contributed by atoms with Crippen molar-refractivity contribution >= 4 is 5.97 Å². The standard InChI is InChI=1S/C21H42O7/c1-4-6-7-8-21(22)28-18-17-26-14-13-24-10-9-23-11-12-25-15-16-27-19-20(3)5-2/h20H,4-19H2,1-3H3. The van der Waals surface area contributed by atoms with Crippen LogP contribution in [0.5, 0.6) is 0 Å². The lowest BCUT2D eigenvalue weighted by molar-refractivity contribution is -0.145. The Bertz CT molecular complexity index is 326. The highest BCUT2D eigenvalue weighted by molar-refractivity contribution is 5.69. The van der Waals surface area contributed by atoms with E-state index in [9.17, 15) is 4.79 Å². The van der Waals surface area contributed by atoms with Crippen molar-refractivity contribution < 1.29 is 33.2 Å². The normalized spacial score (nSPS) is 12.2. The predicted octanol–water partition coefficient (Wildman–Crippen LogP) is 3.24. The van der Waals surface area contributed by atoms with Crippen LogP contribution in [0.1, 0.15) is 52.9 Å². The molecule has 168 valence electrons. The van der Waals surface area contributed by atoms with Crippen molar-refractivity contribution in [2.75, 3.05) is 72.7 Å². The molecular weight excluding hydrogens is 364 g/mol. The number of rotatable bonds is 22. The Morgan fingerprint density at radius 1 is 0.679 bits per heavy atom. The molecule has 1 atom stereocenters. The van der Waals surface area contributed by atoms with Crippen molar-refractivity contribution in [1.29, 1.82) is 0 Å². The van der Waals surface area contributed by atoms with Crippen LogP contribution in [0, 0.1) is 5.92 Å². The molecule has 7 heteroatoms. The van der Waals surface area contributed by atoms with Crippen LogP contribution < -0.4 is 0 Å². The van der Waals surface area contributed by atoms with Crippen LogP contribution in [0.25, 0.3) is 0 Å². The van der Waals surface area contributed by atoms with E-state index in [4.69, 9.17) is 28.4 Å². The quantitative estimate of drug-likeness (QED) is 0.202. The van der Waals surface area contributed by atoms with E-state index in [-0.39, 0.29) is 5.97 Å². The van der Waals surface area contributed by atoms with Gasteiger partial charge in [-0.05, 0) is 12.3 Å². The minimum Gasteiger partial charge on any atom is -0.463 e. The van der Waals surface area contributed by atoms with Gasteiger partial charge < -0.3 is 28.4 Å². The molecule has 0 aromatic rings. The Hall–Kier alpha value is -0.730. The fourth-order valence-electron chi connectivity index (χ4n) is 2.09. The summed E-state index contributed by atoms with van der Waals surface area (Å²) in [5.41, 5.74) is 0. The molecule has 0 aliphatic rings. The maximum absolute atomic E-state index is 11.4. The van der Waals surface area contributed by atoms with E-state index < -0.39 is 0 Å². The van der Waals surface area contributed by atoms with Crippen molar-refractivity contribution in [3.8, 4) is 0 Å². The first-order chi connectivity index (χ1) is 13.7. The highest BCUT2D eigenvalue weighted by Crippen LogP contribution is 2.00. The first-order valence-electron chi connectivity index (χ1n) is 10.7. The van der Waals surface area contributed by atoms with Crippen LogP contribution in [0.2, 0.25) is 0 Å². The lowest BCUT2D eigenvalue weighted by Crippen LogP contribution is -2.15. The smallest absolute Gasteiger partial charge is 0.305 e. The van der Waals surface area contributed by atoms with E-state index in [1.54, 1.807) is 0 Å². The Morgan fingerprint density at radius 3 is 1.61 bits per heavy atom. The topological polar surface area (TPSA) is 72.5 Å². The van der Waals surface area contributed by atoms with Gasteiger partial charge in [-0.3, -0.25) is 4.79 Å². The number of hydrogen-bond donors (Lipinski definition) is 0. The third-order valence-electron chi connectivity index (χ3n) is 4.06. The molecule has 0 aliphatic heterocycles. The average molecular weight is 407 g/mol. The zero-order valence-electron chi connectivity index (χ0n) is 18.2. The first kappa shape index (κ1) is 27.3. The Balaban J connectivity index is 3.09. The van der Waals surface area contributed by atoms with Crippen LogP contribution in [0.15, 0.2) is 0 Å². The largest absolute Gasteiger partial charge is 0.463 e. The molecule has 0 rings (SSSR count).